The average molecular weight is 228 g/mol. The molecule has 1 aliphatic heterocycles. The largest absolute Gasteiger partial charge is 0.372 e. The van der Waals surface area contributed by atoms with Crippen LogP contribution < -0.4 is 10.6 Å². The first-order valence-electron chi connectivity index (χ1n) is 6.40. The Balaban J connectivity index is 1.92. The van der Waals surface area contributed by atoms with Crippen molar-refractivity contribution < 1.29 is 9.53 Å². The minimum absolute atomic E-state index is 0.00143. The highest BCUT2D eigenvalue weighted by molar-refractivity contribution is 5.77. The Morgan fingerprint density at radius 1 is 1.50 bits per heavy atom. The van der Waals surface area contributed by atoms with Crippen LogP contribution in [0.15, 0.2) is 0 Å². The molecule has 0 aliphatic carbocycles. The molecule has 1 fully saturated rings. The average Bonchev–Trinajstić information content (AvgIpc) is 2.33. The number of hydrogen-bond donors (Lipinski definition) is 2. The lowest BCUT2D eigenvalue weighted by Gasteiger charge is -2.23. The van der Waals surface area contributed by atoms with Gasteiger partial charge in [-0.1, -0.05) is 13.3 Å². The zero-order valence-electron chi connectivity index (χ0n) is 10.3. The molecule has 1 amide bonds. The van der Waals surface area contributed by atoms with Crippen molar-refractivity contribution in [2.75, 3.05) is 26.3 Å². The summed E-state index contributed by atoms with van der Waals surface area (Å²) in [7, 11) is 0. The summed E-state index contributed by atoms with van der Waals surface area (Å²) in [6, 6.07) is 0.590. The van der Waals surface area contributed by atoms with Crippen LogP contribution in [0.3, 0.4) is 0 Å². The quantitative estimate of drug-likeness (QED) is 0.641. The molecule has 1 rings (SSSR count). The molecule has 1 atom stereocenters. The molecule has 1 unspecified atom stereocenters. The molecule has 1 aliphatic rings. The molecule has 94 valence electrons. The normalized spacial score (nSPS) is 20.7. The first kappa shape index (κ1) is 13.5. The van der Waals surface area contributed by atoms with Gasteiger partial charge < -0.3 is 15.4 Å². The first-order valence-corrected chi connectivity index (χ1v) is 6.40. The van der Waals surface area contributed by atoms with E-state index >= 15 is 0 Å². The third-order valence-corrected chi connectivity index (χ3v) is 2.83. The molecule has 0 aromatic rings. The molecule has 0 radical (unpaired) electrons. The summed E-state index contributed by atoms with van der Waals surface area (Å²) in [5, 5.41) is 6.25. The van der Waals surface area contributed by atoms with E-state index in [1.54, 1.807) is 0 Å². The van der Waals surface area contributed by atoms with Crippen LogP contribution in [-0.2, 0) is 9.53 Å². The summed E-state index contributed by atoms with van der Waals surface area (Å²) < 4.78 is 5.34. The van der Waals surface area contributed by atoms with E-state index in [2.05, 4.69) is 10.6 Å². The number of amides is 1. The number of carbonyl (C=O) groups excluding carboxylic acids is 1. The Kier molecular flexibility index (Phi) is 7.17. The lowest BCUT2D eigenvalue weighted by molar-refractivity contribution is -0.125. The van der Waals surface area contributed by atoms with Crippen molar-refractivity contribution in [2.24, 2.45) is 0 Å². The lowest BCUT2D eigenvalue weighted by atomic mass is 10.0. The Labute approximate surface area is 98.1 Å². The molecule has 0 aromatic heterocycles. The minimum Gasteiger partial charge on any atom is -0.372 e. The van der Waals surface area contributed by atoms with E-state index in [-0.39, 0.29) is 12.5 Å². The number of nitrogens with one attached hydrogen (secondary N) is 2. The molecule has 0 saturated carbocycles. The van der Waals surface area contributed by atoms with Crippen LogP contribution in [0.25, 0.3) is 0 Å². The fourth-order valence-electron chi connectivity index (χ4n) is 1.88. The van der Waals surface area contributed by atoms with Crippen LogP contribution in [0.5, 0.6) is 0 Å². The van der Waals surface area contributed by atoms with Gasteiger partial charge in [0, 0.05) is 19.2 Å². The summed E-state index contributed by atoms with van der Waals surface area (Å²) in [6.07, 6.45) is 5.83. The summed E-state index contributed by atoms with van der Waals surface area (Å²) in [6.45, 7) is 4.79. The molecule has 4 heteroatoms. The van der Waals surface area contributed by atoms with Crippen LogP contribution in [0, 0.1) is 0 Å². The topological polar surface area (TPSA) is 50.4 Å². The van der Waals surface area contributed by atoms with E-state index in [1.165, 1.54) is 19.3 Å². The number of ether oxygens (including phenoxy) is 1. The molecule has 2 N–H and O–H groups in total. The van der Waals surface area contributed by atoms with Crippen LogP contribution in [-0.4, -0.2) is 38.3 Å². The minimum atomic E-state index is -0.00143. The number of rotatable bonds is 7. The van der Waals surface area contributed by atoms with E-state index in [4.69, 9.17) is 4.74 Å². The molecule has 0 aromatic carbocycles. The van der Waals surface area contributed by atoms with Crippen molar-refractivity contribution in [2.45, 2.75) is 45.1 Å². The summed E-state index contributed by atoms with van der Waals surface area (Å²) in [5.41, 5.74) is 0. The maximum Gasteiger partial charge on any atom is 0.245 e. The summed E-state index contributed by atoms with van der Waals surface area (Å²) in [5.74, 6) is -0.00143. The standard InChI is InChI=1S/C12H24N2O2/c1-2-7-14-12(15)10-16-9-6-11-5-3-4-8-13-11/h11,13H,2-10H2,1H3,(H,14,15). The summed E-state index contributed by atoms with van der Waals surface area (Å²) in [4.78, 5) is 11.2. The fraction of sp³-hybridized carbons (Fsp3) is 0.917. The van der Waals surface area contributed by atoms with Gasteiger partial charge in [-0.3, -0.25) is 4.79 Å². The zero-order chi connectivity index (χ0) is 11.6. The molecule has 0 spiro atoms. The number of piperidine rings is 1. The maximum absolute atomic E-state index is 11.2. The van der Waals surface area contributed by atoms with Gasteiger partial charge in [0.15, 0.2) is 0 Å². The highest BCUT2D eigenvalue weighted by atomic mass is 16.5. The second-order valence-corrected chi connectivity index (χ2v) is 4.34. The van der Waals surface area contributed by atoms with E-state index in [9.17, 15) is 4.79 Å². The van der Waals surface area contributed by atoms with Crippen LogP contribution in [0.4, 0.5) is 0 Å². The van der Waals surface area contributed by atoms with Crippen molar-refractivity contribution in [1.82, 2.24) is 10.6 Å². The van der Waals surface area contributed by atoms with Crippen molar-refractivity contribution in [3.8, 4) is 0 Å². The second-order valence-electron chi connectivity index (χ2n) is 4.34. The third-order valence-electron chi connectivity index (χ3n) is 2.83. The van der Waals surface area contributed by atoms with Crippen LogP contribution in [0.2, 0.25) is 0 Å². The maximum atomic E-state index is 11.2. The third kappa shape index (κ3) is 6.08. The Hall–Kier alpha value is -0.610. The van der Waals surface area contributed by atoms with E-state index in [0.717, 1.165) is 25.9 Å². The van der Waals surface area contributed by atoms with Crippen molar-refractivity contribution >= 4 is 5.91 Å². The highest BCUT2D eigenvalue weighted by Gasteiger charge is 2.11. The summed E-state index contributed by atoms with van der Waals surface area (Å²) >= 11 is 0. The molecule has 16 heavy (non-hydrogen) atoms. The van der Waals surface area contributed by atoms with Gasteiger partial charge in [0.1, 0.15) is 6.61 Å². The molecular weight excluding hydrogens is 204 g/mol. The van der Waals surface area contributed by atoms with Gasteiger partial charge in [-0.15, -0.1) is 0 Å². The molecule has 1 saturated heterocycles. The van der Waals surface area contributed by atoms with Gasteiger partial charge in [0.2, 0.25) is 5.91 Å². The molecular formula is C12H24N2O2. The van der Waals surface area contributed by atoms with Gasteiger partial charge in [0.05, 0.1) is 0 Å². The van der Waals surface area contributed by atoms with Gasteiger partial charge in [-0.25, -0.2) is 0 Å². The second kappa shape index (κ2) is 8.53. The van der Waals surface area contributed by atoms with Gasteiger partial charge in [-0.05, 0) is 32.2 Å². The van der Waals surface area contributed by atoms with Gasteiger partial charge >= 0.3 is 0 Å². The molecule has 1 heterocycles. The van der Waals surface area contributed by atoms with Gasteiger partial charge in [-0.2, -0.15) is 0 Å². The first-order chi connectivity index (χ1) is 7.83. The fourth-order valence-corrected chi connectivity index (χ4v) is 1.88. The molecule has 4 nitrogen and oxygen atoms in total. The van der Waals surface area contributed by atoms with Gasteiger partial charge in [0.25, 0.3) is 0 Å². The number of carbonyl (C=O) groups is 1. The molecule has 0 bridgehead atoms. The van der Waals surface area contributed by atoms with Crippen LogP contribution >= 0.6 is 0 Å². The SMILES string of the molecule is CCCNC(=O)COCCC1CCCCN1. The van der Waals surface area contributed by atoms with E-state index < -0.39 is 0 Å². The Bertz CT molecular complexity index is 191. The van der Waals surface area contributed by atoms with Crippen molar-refractivity contribution in [3.63, 3.8) is 0 Å². The predicted octanol–water partition coefficient (Wildman–Crippen LogP) is 1.06. The Morgan fingerprint density at radius 2 is 2.38 bits per heavy atom. The van der Waals surface area contributed by atoms with Crippen molar-refractivity contribution in [3.05, 3.63) is 0 Å². The van der Waals surface area contributed by atoms with E-state index in [0.29, 0.717) is 12.6 Å². The monoisotopic (exact) mass is 228 g/mol. The van der Waals surface area contributed by atoms with E-state index in [1.807, 2.05) is 6.92 Å². The zero-order valence-corrected chi connectivity index (χ0v) is 10.3. The predicted molar refractivity (Wildman–Crippen MR) is 64.4 cm³/mol. The Morgan fingerprint density at radius 3 is 3.06 bits per heavy atom. The highest BCUT2D eigenvalue weighted by Crippen LogP contribution is 2.09. The van der Waals surface area contributed by atoms with Crippen molar-refractivity contribution in [1.29, 1.82) is 0 Å². The number of hydrogen-bond acceptors (Lipinski definition) is 3. The smallest absolute Gasteiger partial charge is 0.245 e. The lowest BCUT2D eigenvalue weighted by Crippen LogP contribution is -2.35. The van der Waals surface area contributed by atoms with Crippen LogP contribution in [0.1, 0.15) is 39.0 Å².